The topological polar surface area (TPSA) is 66.5 Å². The molecule has 2 fully saturated rings. The standard InChI is InChI=1S/C7H8N2O3/c10-5-4-2-1-3-9(4)7(12)6(11)8-5/h4H,1-3H2,(H,8,10,11). The smallest absolute Gasteiger partial charge is 0.316 e. The molecular weight excluding hydrogens is 160 g/mol. The van der Waals surface area contributed by atoms with Crippen molar-refractivity contribution in [2.75, 3.05) is 6.54 Å². The molecule has 5 nitrogen and oxygen atoms in total. The third-order valence-electron chi connectivity index (χ3n) is 2.25. The minimum absolute atomic E-state index is 0.336. The lowest BCUT2D eigenvalue weighted by Crippen LogP contribution is -2.58. The highest BCUT2D eigenvalue weighted by atomic mass is 16.2. The fourth-order valence-electron chi connectivity index (χ4n) is 1.66. The first kappa shape index (κ1) is 7.27. The van der Waals surface area contributed by atoms with Crippen LogP contribution in [0.25, 0.3) is 0 Å². The highest BCUT2D eigenvalue weighted by Crippen LogP contribution is 2.19. The molecule has 0 aromatic rings. The van der Waals surface area contributed by atoms with Crippen LogP contribution in [-0.2, 0) is 14.4 Å². The number of fused-ring (bicyclic) bond motifs is 1. The van der Waals surface area contributed by atoms with Crippen LogP contribution in [-0.4, -0.2) is 35.2 Å². The summed E-state index contributed by atoms with van der Waals surface area (Å²) in [6, 6.07) is -0.393. The largest absolute Gasteiger partial charge is 0.322 e. The lowest BCUT2D eigenvalue weighted by Gasteiger charge is -2.27. The van der Waals surface area contributed by atoms with Crippen molar-refractivity contribution in [3.05, 3.63) is 0 Å². The van der Waals surface area contributed by atoms with Crippen LogP contribution in [0.15, 0.2) is 0 Å². The van der Waals surface area contributed by atoms with E-state index in [0.717, 1.165) is 6.42 Å². The van der Waals surface area contributed by atoms with E-state index in [0.29, 0.717) is 13.0 Å². The summed E-state index contributed by atoms with van der Waals surface area (Å²) in [5.41, 5.74) is 0. The number of nitrogens with one attached hydrogen (secondary N) is 1. The van der Waals surface area contributed by atoms with Gasteiger partial charge in [-0.05, 0) is 12.8 Å². The SMILES string of the molecule is O=C1NC(=O)C2CCCN2C1=O. The number of hydrogen-bond acceptors (Lipinski definition) is 3. The molecule has 2 aliphatic heterocycles. The molecule has 1 atom stereocenters. The Bertz CT molecular complexity index is 274. The fourth-order valence-corrected chi connectivity index (χ4v) is 1.66. The maximum Gasteiger partial charge on any atom is 0.316 e. The maximum absolute atomic E-state index is 11.1. The molecule has 5 heteroatoms. The Morgan fingerprint density at radius 1 is 1.33 bits per heavy atom. The Morgan fingerprint density at radius 2 is 2.08 bits per heavy atom. The third-order valence-corrected chi connectivity index (χ3v) is 2.25. The van der Waals surface area contributed by atoms with Crippen LogP contribution in [0, 0.1) is 0 Å². The van der Waals surface area contributed by atoms with Crippen LogP contribution in [0.4, 0.5) is 0 Å². The number of amides is 3. The molecule has 0 aromatic heterocycles. The second-order valence-electron chi connectivity index (χ2n) is 2.97. The average molecular weight is 168 g/mol. The van der Waals surface area contributed by atoms with Gasteiger partial charge in [0.05, 0.1) is 0 Å². The molecule has 0 radical (unpaired) electrons. The van der Waals surface area contributed by atoms with Crippen LogP contribution < -0.4 is 5.32 Å². The van der Waals surface area contributed by atoms with Crippen molar-refractivity contribution in [2.24, 2.45) is 0 Å². The zero-order valence-corrected chi connectivity index (χ0v) is 6.37. The molecule has 0 bridgehead atoms. The van der Waals surface area contributed by atoms with Crippen LogP contribution in [0.1, 0.15) is 12.8 Å². The van der Waals surface area contributed by atoms with Crippen LogP contribution in [0.2, 0.25) is 0 Å². The van der Waals surface area contributed by atoms with Gasteiger partial charge in [-0.15, -0.1) is 0 Å². The van der Waals surface area contributed by atoms with Gasteiger partial charge in [0.1, 0.15) is 6.04 Å². The Hall–Kier alpha value is -1.39. The average Bonchev–Trinajstić information content (AvgIpc) is 2.48. The monoisotopic (exact) mass is 168 g/mol. The molecular formula is C7H8N2O3. The van der Waals surface area contributed by atoms with Gasteiger partial charge in [0.25, 0.3) is 0 Å². The summed E-state index contributed by atoms with van der Waals surface area (Å²) in [5, 5.41) is 2.03. The first-order valence-corrected chi connectivity index (χ1v) is 3.86. The maximum atomic E-state index is 11.1. The quantitative estimate of drug-likeness (QED) is 0.358. The molecule has 0 aromatic carbocycles. The number of piperazine rings is 1. The zero-order chi connectivity index (χ0) is 8.72. The van der Waals surface area contributed by atoms with Gasteiger partial charge in [-0.1, -0.05) is 0 Å². The van der Waals surface area contributed by atoms with Crippen molar-refractivity contribution in [3.8, 4) is 0 Å². The highest BCUT2D eigenvalue weighted by molar-refractivity contribution is 6.40. The summed E-state index contributed by atoms with van der Waals surface area (Å²) in [7, 11) is 0. The Balaban J connectivity index is 2.29. The van der Waals surface area contributed by atoms with Gasteiger partial charge in [0.15, 0.2) is 0 Å². The van der Waals surface area contributed by atoms with Gasteiger partial charge in [-0.2, -0.15) is 0 Å². The van der Waals surface area contributed by atoms with Crippen LogP contribution in [0.3, 0.4) is 0 Å². The van der Waals surface area contributed by atoms with Crippen molar-refractivity contribution in [1.82, 2.24) is 10.2 Å². The van der Waals surface area contributed by atoms with E-state index in [1.165, 1.54) is 4.90 Å². The normalized spacial score (nSPS) is 28.8. The van der Waals surface area contributed by atoms with Gasteiger partial charge in [0, 0.05) is 6.54 Å². The molecule has 2 heterocycles. The minimum atomic E-state index is -0.793. The molecule has 0 saturated carbocycles. The number of carbonyl (C=O) groups excluding carboxylic acids is 3. The van der Waals surface area contributed by atoms with E-state index < -0.39 is 17.9 Å². The molecule has 0 spiro atoms. The number of rotatable bonds is 0. The van der Waals surface area contributed by atoms with Gasteiger partial charge in [-0.25, -0.2) is 0 Å². The highest BCUT2D eigenvalue weighted by Gasteiger charge is 2.42. The number of nitrogens with zero attached hydrogens (tertiary/aromatic N) is 1. The summed E-state index contributed by atoms with van der Waals surface area (Å²) >= 11 is 0. The van der Waals surface area contributed by atoms with E-state index in [1.807, 2.05) is 5.32 Å². The van der Waals surface area contributed by atoms with Crippen molar-refractivity contribution < 1.29 is 14.4 Å². The van der Waals surface area contributed by atoms with Crippen LogP contribution in [0.5, 0.6) is 0 Å². The molecule has 3 amide bonds. The second kappa shape index (κ2) is 2.30. The van der Waals surface area contributed by atoms with Crippen molar-refractivity contribution in [1.29, 1.82) is 0 Å². The number of carbonyl (C=O) groups is 3. The molecule has 2 rings (SSSR count). The molecule has 1 unspecified atom stereocenters. The predicted octanol–water partition coefficient (Wildman–Crippen LogP) is -1.37. The van der Waals surface area contributed by atoms with Gasteiger partial charge >= 0.3 is 11.8 Å². The Kier molecular flexibility index (Phi) is 1.39. The summed E-state index contributed by atoms with van der Waals surface area (Å²) in [4.78, 5) is 34.4. The summed E-state index contributed by atoms with van der Waals surface area (Å²) in [6.45, 7) is 0.530. The summed E-state index contributed by atoms with van der Waals surface area (Å²) in [6.07, 6.45) is 1.47. The van der Waals surface area contributed by atoms with E-state index in [9.17, 15) is 14.4 Å². The van der Waals surface area contributed by atoms with Crippen molar-refractivity contribution in [2.45, 2.75) is 18.9 Å². The van der Waals surface area contributed by atoms with E-state index in [1.54, 1.807) is 0 Å². The predicted molar refractivity (Wildman–Crippen MR) is 37.9 cm³/mol. The van der Waals surface area contributed by atoms with E-state index in [-0.39, 0.29) is 5.91 Å². The van der Waals surface area contributed by atoms with E-state index in [2.05, 4.69) is 0 Å². The Labute approximate surface area is 68.7 Å². The second-order valence-corrected chi connectivity index (χ2v) is 2.97. The summed E-state index contributed by atoms with van der Waals surface area (Å²) < 4.78 is 0. The number of hydrogen-bond donors (Lipinski definition) is 1. The van der Waals surface area contributed by atoms with Crippen molar-refractivity contribution >= 4 is 17.7 Å². The molecule has 1 N–H and O–H groups in total. The molecule has 64 valence electrons. The van der Waals surface area contributed by atoms with Crippen molar-refractivity contribution in [3.63, 3.8) is 0 Å². The zero-order valence-electron chi connectivity index (χ0n) is 6.37. The van der Waals surface area contributed by atoms with Gasteiger partial charge in [-0.3, -0.25) is 19.7 Å². The number of imide groups is 1. The Morgan fingerprint density at radius 3 is 2.83 bits per heavy atom. The fraction of sp³-hybridized carbons (Fsp3) is 0.571. The lowest BCUT2D eigenvalue weighted by molar-refractivity contribution is -0.154. The first-order chi connectivity index (χ1) is 5.70. The van der Waals surface area contributed by atoms with Gasteiger partial charge < -0.3 is 4.90 Å². The van der Waals surface area contributed by atoms with E-state index >= 15 is 0 Å². The lowest BCUT2D eigenvalue weighted by atomic mass is 10.2. The minimum Gasteiger partial charge on any atom is -0.322 e. The molecule has 0 aliphatic carbocycles. The molecule has 2 aliphatic rings. The first-order valence-electron chi connectivity index (χ1n) is 3.86. The summed E-state index contributed by atoms with van der Waals surface area (Å²) in [5.74, 6) is -1.70. The third kappa shape index (κ3) is 0.823. The molecule has 2 saturated heterocycles. The molecule has 12 heavy (non-hydrogen) atoms. The van der Waals surface area contributed by atoms with E-state index in [4.69, 9.17) is 0 Å². The van der Waals surface area contributed by atoms with Gasteiger partial charge in [0.2, 0.25) is 5.91 Å². The van der Waals surface area contributed by atoms with Crippen LogP contribution >= 0.6 is 0 Å².